The Hall–Kier alpha value is -1.51. The molecule has 0 aliphatic heterocycles. The lowest BCUT2D eigenvalue weighted by Crippen LogP contribution is -2.22. The quantitative estimate of drug-likeness (QED) is 0.457. The van der Waals surface area contributed by atoms with Gasteiger partial charge in [0.2, 0.25) is 0 Å². The number of hydrogen-bond acceptors (Lipinski definition) is 1. The van der Waals surface area contributed by atoms with Crippen LogP contribution in [0.5, 0.6) is 0 Å². The van der Waals surface area contributed by atoms with Gasteiger partial charge in [0, 0.05) is 12.2 Å². The predicted molar refractivity (Wildman–Crippen MR) is 80.2 cm³/mol. The first-order valence-electron chi connectivity index (χ1n) is 6.80. The number of unbranched alkanes of at least 4 members (excludes halogenated alkanes) is 2. The number of aliphatic imine (C=N–C) groups is 1. The molecule has 18 heavy (non-hydrogen) atoms. The first-order chi connectivity index (χ1) is 8.63. The number of rotatable bonds is 6. The monoisotopic (exact) mass is 247 g/mol. The van der Waals surface area contributed by atoms with Crippen LogP contribution >= 0.6 is 0 Å². The van der Waals surface area contributed by atoms with Gasteiger partial charge in [0.1, 0.15) is 0 Å². The highest BCUT2D eigenvalue weighted by Gasteiger charge is 2.00. The highest BCUT2D eigenvalue weighted by Crippen LogP contribution is 2.18. The van der Waals surface area contributed by atoms with Crippen molar-refractivity contribution >= 4 is 11.6 Å². The maximum atomic E-state index is 5.85. The second kappa shape index (κ2) is 7.75. The summed E-state index contributed by atoms with van der Waals surface area (Å²) in [6.07, 6.45) is 3.52. The van der Waals surface area contributed by atoms with Crippen LogP contribution in [0.15, 0.2) is 29.3 Å². The molecular formula is C15H25N3. The zero-order valence-corrected chi connectivity index (χ0v) is 11.7. The van der Waals surface area contributed by atoms with Crippen LogP contribution in [0.1, 0.15) is 51.5 Å². The van der Waals surface area contributed by atoms with Crippen LogP contribution in [-0.2, 0) is 0 Å². The molecule has 0 amide bonds. The molecule has 3 nitrogen and oxygen atoms in total. The second-order valence-corrected chi connectivity index (χ2v) is 4.88. The highest BCUT2D eigenvalue weighted by molar-refractivity contribution is 5.92. The van der Waals surface area contributed by atoms with Gasteiger partial charge >= 0.3 is 0 Å². The summed E-state index contributed by atoms with van der Waals surface area (Å²) in [4.78, 5) is 4.31. The Morgan fingerprint density at radius 2 is 2.11 bits per heavy atom. The number of benzene rings is 1. The molecule has 1 aromatic rings. The minimum absolute atomic E-state index is 0.506. The van der Waals surface area contributed by atoms with E-state index in [2.05, 4.69) is 43.2 Å². The molecule has 0 bridgehead atoms. The number of nitrogens with zero attached hydrogens (tertiary/aromatic N) is 1. The molecule has 0 radical (unpaired) electrons. The van der Waals surface area contributed by atoms with Gasteiger partial charge in [-0.3, -0.25) is 4.99 Å². The molecule has 0 saturated carbocycles. The summed E-state index contributed by atoms with van der Waals surface area (Å²) in [6.45, 7) is 7.35. The lowest BCUT2D eigenvalue weighted by molar-refractivity contribution is 0.727. The summed E-state index contributed by atoms with van der Waals surface area (Å²) in [5.74, 6) is 1.03. The van der Waals surface area contributed by atoms with E-state index in [1.54, 1.807) is 0 Å². The van der Waals surface area contributed by atoms with E-state index in [4.69, 9.17) is 5.73 Å². The average Bonchev–Trinajstić information content (AvgIpc) is 2.35. The SMILES string of the molecule is CCCCCN=C(N)Nc1cccc(C(C)C)c1. The Labute approximate surface area is 111 Å². The Morgan fingerprint density at radius 3 is 2.78 bits per heavy atom. The number of nitrogens with two attached hydrogens (primary N) is 1. The lowest BCUT2D eigenvalue weighted by Gasteiger charge is -2.09. The molecule has 0 fully saturated rings. The maximum absolute atomic E-state index is 5.85. The standard InChI is InChI=1S/C15H25N3/c1-4-5-6-10-17-15(16)18-14-9-7-8-13(11-14)12(2)3/h7-9,11-12H,4-6,10H2,1-3H3,(H3,16,17,18). The van der Waals surface area contributed by atoms with Crippen molar-refractivity contribution in [2.75, 3.05) is 11.9 Å². The van der Waals surface area contributed by atoms with E-state index < -0.39 is 0 Å². The van der Waals surface area contributed by atoms with Crippen LogP contribution in [0.4, 0.5) is 5.69 Å². The van der Waals surface area contributed by atoms with Crippen molar-refractivity contribution in [2.45, 2.75) is 46.0 Å². The third kappa shape index (κ3) is 5.21. The molecule has 0 saturated heterocycles. The van der Waals surface area contributed by atoms with Crippen molar-refractivity contribution in [2.24, 2.45) is 10.7 Å². The zero-order chi connectivity index (χ0) is 13.4. The second-order valence-electron chi connectivity index (χ2n) is 4.88. The first-order valence-corrected chi connectivity index (χ1v) is 6.80. The topological polar surface area (TPSA) is 50.4 Å². The van der Waals surface area contributed by atoms with Crippen molar-refractivity contribution in [1.29, 1.82) is 0 Å². The smallest absolute Gasteiger partial charge is 0.193 e. The number of anilines is 1. The lowest BCUT2D eigenvalue weighted by atomic mass is 10.0. The third-order valence-electron chi connectivity index (χ3n) is 2.87. The Morgan fingerprint density at radius 1 is 1.33 bits per heavy atom. The van der Waals surface area contributed by atoms with Gasteiger partial charge in [0.25, 0.3) is 0 Å². The van der Waals surface area contributed by atoms with Crippen LogP contribution in [0.2, 0.25) is 0 Å². The van der Waals surface area contributed by atoms with Crippen molar-refractivity contribution in [1.82, 2.24) is 0 Å². The molecule has 0 aliphatic rings. The summed E-state index contributed by atoms with van der Waals surface area (Å²) in [7, 11) is 0. The van der Waals surface area contributed by atoms with E-state index in [0.29, 0.717) is 11.9 Å². The van der Waals surface area contributed by atoms with E-state index in [1.807, 2.05) is 12.1 Å². The van der Waals surface area contributed by atoms with Gasteiger partial charge < -0.3 is 11.1 Å². The van der Waals surface area contributed by atoms with E-state index in [1.165, 1.54) is 18.4 Å². The zero-order valence-electron chi connectivity index (χ0n) is 11.7. The van der Waals surface area contributed by atoms with E-state index >= 15 is 0 Å². The summed E-state index contributed by atoms with van der Waals surface area (Å²) in [5, 5.41) is 3.14. The van der Waals surface area contributed by atoms with Crippen molar-refractivity contribution < 1.29 is 0 Å². The van der Waals surface area contributed by atoms with Gasteiger partial charge in [0.05, 0.1) is 0 Å². The highest BCUT2D eigenvalue weighted by atomic mass is 15.1. The summed E-state index contributed by atoms with van der Waals surface area (Å²) in [6, 6.07) is 8.31. The average molecular weight is 247 g/mol. The van der Waals surface area contributed by atoms with Crippen LogP contribution < -0.4 is 11.1 Å². The molecule has 100 valence electrons. The molecule has 0 atom stereocenters. The fourth-order valence-corrected chi connectivity index (χ4v) is 1.72. The van der Waals surface area contributed by atoms with Gasteiger partial charge in [-0.2, -0.15) is 0 Å². The molecule has 0 spiro atoms. The van der Waals surface area contributed by atoms with Gasteiger partial charge in [0.15, 0.2) is 5.96 Å². The summed E-state index contributed by atoms with van der Waals surface area (Å²) >= 11 is 0. The Balaban J connectivity index is 2.53. The minimum atomic E-state index is 0.506. The van der Waals surface area contributed by atoms with E-state index in [-0.39, 0.29) is 0 Å². The largest absolute Gasteiger partial charge is 0.370 e. The van der Waals surface area contributed by atoms with Crippen molar-refractivity contribution in [3.63, 3.8) is 0 Å². The molecule has 1 rings (SSSR count). The maximum Gasteiger partial charge on any atom is 0.193 e. The van der Waals surface area contributed by atoms with Crippen molar-refractivity contribution in [3.05, 3.63) is 29.8 Å². The fraction of sp³-hybridized carbons (Fsp3) is 0.533. The molecule has 0 heterocycles. The van der Waals surface area contributed by atoms with E-state index in [0.717, 1.165) is 18.7 Å². The van der Waals surface area contributed by atoms with Gasteiger partial charge in [-0.15, -0.1) is 0 Å². The van der Waals surface area contributed by atoms with Crippen LogP contribution in [-0.4, -0.2) is 12.5 Å². The van der Waals surface area contributed by atoms with Gasteiger partial charge in [-0.25, -0.2) is 0 Å². The molecule has 0 unspecified atom stereocenters. The minimum Gasteiger partial charge on any atom is -0.370 e. The first kappa shape index (κ1) is 14.6. The molecular weight excluding hydrogens is 222 g/mol. The normalized spacial score (nSPS) is 11.9. The molecule has 0 aromatic heterocycles. The molecule has 0 aliphatic carbocycles. The van der Waals surface area contributed by atoms with Gasteiger partial charge in [-0.1, -0.05) is 45.7 Å². The fourth-order valence-electron chi connectivity index (χ4n) is 1.72. The molecule has 3 N–H and O–H groups in total. The van der Waals surface area contributed by atoms with Crippen LogP contribution in [0.3, 0.4) is 0 Å². The van der Waals surface area contributed by atoms with Crippen molar-refractivity contribution in [3.8, 4) is 0 Å². The van der Waals surface area contributed by atoms with Crippen LogP contribution in [0, 0.1) is 0 Å². The number of hydrogen-bond donors (Lipinski definition) is 2. The Bertz CT molecular complexity index is 383. The van der Waals surface area contributed by atoms with Gasteiger partial charge in [-0.05, 0) is 30.0 Å². The summed E-state index contributed by atoms with van der Waals surface area (Å²) in [5.41, 5.74) is 8.17. The number of nitrogens with one attached hydrogen (secondary N) is 1. The molecule has 3 heteroatoms. The number of guanidine groups is 1. The third-order valence-corrected chi connectivity index (χ3v) is 2.87. The summed E-state index contributed by atoms with van der Waals surface area (Å²) < 4.78 is 0. The van der Waals surface area contributed by atoms with Crippen LogP contribution in [0.25, 0.3) is 0 Å². The van der Waals surface area contributed by atoms with E-state index in [9.17, 15) is 0 Å². The Kier molecular flexibility index (Phi) is 6.26. The molecule has 1 aromatic carbocycles. The predicted octanol–water partition coefficient (Wildman–Crippen LogP) is 3.73.